The van der Waals surface area contributed by atoms with Crippen molar-refractivity contribution in [3.8, 4) is 0 Å². The third-order valence-corrected chi connectivity index (χ3v) is 2.12. The summed E-state index contributed by atoms with van der Waals surface area (Å²) in [4.78, 5) is 4.36. The van der Waals surface area contributed by atoms with E-state index in [1.807, 2.05) is 30.3 Å². The number of halogens is 1. The van der Waals surface area contributed by atoms with E-state index in [4.69, 9.17) is 11.6 Å². The van der Waals surface area contributed by atoms with E-state index in [0.29, 0.717) is 0 Å². The number of fused-ring (bicyclic) bond motifs is 1. The van der Waals surface area contributed by atoms with Gasteiger partial charge in [-0.1, -0.05) is 24.2 Å². The van der Waals surface area contributed by atoms with Gasteiger partial charge in [0.15, 0.2) is 0 Å². The fourth-order valence-electron chi connectivity index (χ4n) is 1.23. The first-order chi connectivity index (χ1) is 6.29. The van der Waals surface area contributed by atoms with Crippen LogP contribution in [0.5, 0.6) is 0 Å². The second-order valence-corrected chi connectivity index (χ2v) is 3.21. The average Bonchev–Trinajstić information content (AvgIpc) is 2.17. The molecule has 2 rings (SSSR count). The molecule has 2 heteroatoms. The minimum absolute atomic E-state index is 0.737. The number of rotatable bonds is 1. The molecule has 0 aliphatic rings. The van der Waals surface area contributed by atoms with E-state index >= 15 is 0 Å². The largest absolute Gasteiger partial charge is 0.248 e. The Bertz CT molecular complexity index is 463. The van der Waals surface area contributed by atoms with Gasteiger partial charge in [0.2, 0.25) is 0 Å². The van der Waals surface area contributed by atoms with Crippen molar-refractivity contribution in [3.05, 3.63) is 47.6 Å². The number of benzene rings is 1. The summed E-state index contributed by atoms with van der Waals surface area (Å²) < 4.78 is 0. The summed E-state index contributed by atoms with van der Waals surface area (Å²) in [6.07, 6.45) is 1.73. The number of nitrogens with zero attached hydrogens (tertiary/aromatic N) is 1. The molecule has 0 N–H and O–H groups in total. The maximum atomic E-state index is 5.84. The predicted molar refractivity (Wildman–Crippen MR) is 56.8 cm³/mol. The van der Waals surface area contributed by atoms with Crippen LogP contribution in [-0.4, -0.2) is 4.98 Å². The third-order valence-electron chi connectivity index (χ3n) is 1.88. The van der Waals surface area contributed by atoms with E-state index < -0.39 is 0 Å². The van der Waals surface area contributed by atoms with E-state index in [9.17, 15) is 0 Å². The molecule has 1 aromatic carbocycles. The summed E-state index contributed by atoms with van der Waals surface area (Å²) in [5.41, 5.74) is 1.83. The molecular formula is C11H8ClN. The van der Waals surface area contributed by atoms with Crippen LogP contribution in [0.25, 0.3) is 17.0 Å². The van der Waals surface area contributed by atoms with Crippen LogP contribution >= 0.6 is 11.6 Å². The van der Waals surface area contributed by atoms with Crippen LogP contribution in [-0.2, 0) is 0 Å². The van der Waals surface area contributed by atoms with Crippen molar-refractivity contribution in [1.82, 2.24) is 4.98 Å². The van der Waals surface area contributed by atoms with Gasteiger partial charge in [-0.3, -0.25) is 0 Å². The first-order valence-electron chi connectivity index (χ1n) is 3.98. The molecule has 2 aromatic rings. The predicted octanol–water partition coefficient (Wildman–Crippen LogP) is 3.53. The first-order valence-corrected chi connectivity index (χ1v) is 4.36. The molecule has 1 aromatic heterocycles. The van der Waals surface area contributed by atoms with Crippen LogP contribution < -0.4 is 0 Å². The molecule has 0 unspecified atom stereocenters. The molecule has 1 heterocycles. The summed E-state index contributed by atoms with van der Waals surface area (Å²) in [5.74, 6) is 0. The Balaban J connectivity index is 2.73. The molecule has 0 spiro atoms. The molecule has 0 bridgehead atoms. The van der Waals surface area contributed by atoms with Gasteiger partial charge in [-0.25, -0.2) is 4.98 Å². The van der Waals surface area contributed by atoms with Crippen molar-refractivity contribution in [2.45, 2.75) is 0 Å². The summed E-state index contributed by atoms with van der Waals surface area (Å²) in [7, 11) is 0. The fraction of sp³-hybridized carbons (Fsp3) is 0. The van der Waals surface area contributed by atoms with Gasteiger partial charge in [0.1, 0.15) is 0 Å². The van der Waals surface area contributed by atoms with Crippen LogP contribution in [0.15, 0.2) is 36.9 Å². The highest BCUT2D eigenvalue weighted by Gasteiger charge is 1.95. The average molecular weight is 190 g/mol. The quantitative estimate of drug-likeness (QED) is 0.669. The van der Waals surface area contributed by atoms with Crippen LogP contribution in [0.2, 0.25) is 5.02 Å². The van der Waals surface area contributed by atoms with Crippen molar-refractivity contribution in [1.29, 1.82) is 0 Å². The third kappa shape index (κ3) is 1.56. The van der Waals surface area contributed by atoms with Crippen molar-refractivity contribution in [2.75, 3.05) is 0 Å². The van der Waals surface area contributed by atoms with Crippen LogP contribution in [0, 0.1) is 0 Å². The second-order valence-electron chi connectivity index (χ2n) is 2.78. The highest BCUT2D eigenvalue weighted by molar-refractivity contribution is 6.31. The van der Waals surface area contributed by atoms with E-state index in [1.165, 1.54) is 0 Å². The standard InChI is InChI=1S/C11H8ClN/c1-2-10-5-3-8-7-9(12)4-6-11(8)13-10/h2-7H,1H2. The molecule has 64 valence electrons. The monoisotopic (exact) mass is 189 g/mol. The molecule has 1 nitrogen and oxygen atoms in total. The SMILES string of the molecule is C=Cc1ccc2cc(Cl)ccc2n1. The van der Waals surface area contributed by atoms with Gasteiger partial charge in [0.25, 0.3) is 0 Å². The topological polar surface area (TPSA) is 12.9 Å². The highest BCUT2D eigenvalue weighted by Crippen LogP contribution is 2.18. The van der Waals surface area contributed by atoms with Crippen molar-refractivity contribution < 1.29 is 0 Å². The maximum absolute atomic E-state index is 5.84. The molecular weight excluding hydrogens is 182 g/mol. The fourth-order valence-corrected chi connectivity index (χ4v) is 1.41. The normalized spacial score (nSPS) is 10.2. The molecule has 0 aliphatic carbocycles. The van der Waals surface area contributed by atoms with Crippen LogP contribution in [0.3, 0.4) is 0 Å². The van der Waals surface area contributed by atoms with E-state index in [1.54, 1.807) is 6.08 Å². The zero-order valence-corrected chi connectivity index (χ0v) is 7.75. The van der Waals surface area contributed by atoms with E-state index in [-0.39, 0.29) is 0 Å². The molecule has 0 saturated carbocycles. The summed E-state index contributed by atoms with van der Waals surface area (Å²) >= 11 is 5.84. The number of hydrogen-bond donors (Lipinski definition) is 0. The second kappa shape index (κ2) is 3.19. The first kappa shape index (κ1) is 8.27. The minimum Gasteiger partial charge on any atom is -0.248 e. The van der Waals surface area contributed by atoms with Gasteiger partial charge >= 0.3 is 0 Å². The Hall–Kier alpha value is -1.34. The molecule has 0 saturated heterocycles. The maximum Gasteiger partial charge on any atom is 0.0710 e. The minimum atomic E-state index is 0.737. The van der Waals surface area contributed by atoms with Crippen molar-refractivity contribution in [3.63, 3.8) is 0 Å². The Morgan fingerprint density at radius 1 is 1.23 bits per heavy atom. The molecule has 0 atom stereocenters. The number of aromatic nitrogens is 1. The Kier molecular flexibility index (Phi) is 2.03. The van der Waals surface area contributed by atoms with Gasteiger partial charge in [-0.05, 0) is 30.3 Å². The molecule has 0 amide bonds. The van der Waals surface area contributed by atoms with Crippen molar-refractivity contribution in [2.24, 2.45) is 0 Å². The number of pyridine rings is 1. The van der Waals surface area contributed by atoms with Crippen LogP contribution in [0.4, 0.5) is 0 Å². The Labute approximate surface area is 81.7 Å². The lowest BCUT2D eigenvalue weighted by Crippen LogP contribution is -1.82. The van der Waals surface area contributed by atoms with E-state index in [0.717, 1.165) is 21.6 Å². The summed E-state index contributed by atoms with van der Waals surface area (Å²) in [5, 5.41) is 1.79. The molecule has 0 radical (unpaired) electrons. The Morgan fingerprint density at radius 3 is 2.85 bits per heavy atom. The summed E-state index contributed by atoms with van der Waals surface area (Å²) in [6, 6.07) is 9.56. The lowest BCUT2D eigenvalue weighted by Gasteiger charge is -1.98. The lowest BCUT2D eigenvalue weighted by atomic mass is 10.2. The molecule has 13 heavy (non-hydrogen) atoms. The number of hydrogen-bond acceptors (Lipinski definition) is 1. The van der Waals surface area contributed by atoms with Gasteiger partial charge in [-0.15, -0.1) is 0 Å². The van der Waals surface area contributed by atoms with Gasteiger partial charge in [-0.2, -0.15) is 0 Å². The van der Waals surface area contributed by atoms with Crippen LogP contribution in [0.1, 0.15) is 5.69 Å². The van der Waals surface area contributed by atoms with Gasteiger partial charge in [0.05, 0.1) is 11.2 Å². The zero-order valence-electron chi connectivity index (χ0n) is 7.00. The molecule has 0 fully saturated rings. The van der Waals surface area contributed by atoms with Crippen molar-refractivity contribution >= 4 is 28.6 Å². The summed E-state index contributed by atoms with van der Waals surface area (Å²) in [6.45, 7) is 3.67. The van der Waals surface area contributed by atoms with Gasteiger partial charge < -0.3 is 0 Å². The smallest absolute Gasteiger partial charge is 0.0710 e. The van der Waals surface area contributed by atoms with E-state index in [2.05, 4.69) is 11.6 Å². The lowest BCUT2D eigenvalue weighted by molar-refractivity contribution is 1.37. The highest BCUT2D eigenvalue weighted by atomic mass is 35.5. The Morgan fingerprint density at radius 2 is 2.08 bits per heavy atom. The van der Waals surface area contributed by atoms with Gasteiger partial charge in [0, 0.05) is 10.4 Å². The zero-order chi connectivity index (χ0) is 9.26. The molecule has 0 aliphatic heterocycles.